The number of hydrogen-bond acceptors (Lipinski definition) is 7. The van der Waals surface area contributed by atoms with Crippen LogP contribution in [0.5, 0.6) is 5.75 Å². The minimum Gasteiger partial charge on any atom is -0.507 e. The van der Waals surface area contributed by atoms with Gasteiger partial charge in [0.15, 0.2) is 0 Å². The lowest BCUT2D eigenvalue weighted by molar-refractivity contribution is -0.118. The number of hydrogen-bond donors (Lipinski definition) is 4. The summed E-state index contributed by atoms with van der Waals surface area (Å²) in [6.45, 7) is 0.429. The average Bonchev–Trinajstić information content (AvgIpc) is 3.15. The number of hydrazone groups is 1. The molecule has 3 rings (SSSR count). The van der Waals surface area contributed by atoms with Crippen molar-refractivity contribution in [3.05, 3.63) is 64.7 Å². The van der Waals surface area contributed by atoms with Gasteiger partial charge < -0.3 is 10.4 Å². The molecule has 28 heavy (non-hydrogen) atoms. The third-order valence-corrected chi connectivity index (χ3v) is 4.61. The van der Waals surface area contributed by atoms with E-state index in [0.29, 0.717) is 28.2 Å². The SMILES string of the molecule is O=C(CSc1n[nH]c(N/N=C/c2ccccc2O)n1)NCc1ccc(Cl)cc1. The van der Waals surface area contributed by atoms with E-state index < -0.39 is 0 Å². The second-order valence-electron chi connectivity index (χ2n) is 5.59. The van der Waals surface area contributed by atoms with E-state index in [-0.39, 0.29) is 17.4 Å². The van der Waals surface area contributed by atoms with Gasteiger partial charge in [-0.1, -0.05) is 47.6 Å². The predicted octanol–water partition coefficient (Wildman–Crippen LogP) is 3.02. The molecule has 3 aromatic rings. The number of phenolic OH excluding ortho intramolecular Hbond substituents is 1. The number of aromatic hydroxyl groups is 1. The summed E-state index contributed by atoms with van der Waals surface area (Å²) in [6, 6.07) is 14.1. The van der Waals surface area contributed by atoms with E-state index in [1.54, 1.807) is 36.4 Å². The number of nitrogens with one attached hydrogen (secondary N) is 3. The normalized spacial score (nSPS) is 10.9. The lowest BCUT2D eigenvalue weighted by atomic mass is 10.2. The van der Waals surface area contributed by atoms with Crippen molar-refractivity contribution in [1.29, 1.82) is 0 Å². The van der Waals surface area contributed by atoms with Gasteiger partial charge in [-0.3, -0.25) is 4.79 Å². The molecule has 0 aliphatic rings. The molecule has 0 unspecified atom stereocenters. The summed E-state index contributed by atoms with van der Waals surface area (Å²) < 4.78 is 0. The van der Waals surface area contributed by atoms with E-state index in [0.717, 1.165) is 5.56 Å². The zero-order chi connectivity index (χ0) is 19.8. The molecule has 1 amide bonds. The Morgan fingerprint density at radius 1 is 1.25 bits per heavy atom. The maximum Gasteiger partial charge on any atom is 0.240 e. The van der Waals surface area contributed by atoms with Crippen molar-refractivity contribution in [1.82, 2.24) is 20.5 Å². The predicted molar refractivity (Wildman–Crippen MR) is 110 cm³/mol. The number of benzene rings is 2. The number of carbonyl (C=O) groups excluding carboxylic acids is 1. The molecule has 0 aliphatic carbocycles. The Hall–Kier alpha value is -3.04. The van der Waals surface area contributed by atoms with Crippen molar-refractivity contribution in [3.63, 3.8) is 0 Å². The van der Waals surface area contributed by atoms with Gasteiger partial charge >= 0.3 is 0 Å². The fourth-order valence-corrected chi connectivity index (χ4v) is 2.86. The standard InChI is InChI=1S/C18H17ClN6O2S/c19-14-7-5-12(6-8-14)9-20-16(27)11-28-18-22-17(24-25-18)23-21-10-13-3-1-2-4-15(13)26/h1-8,10,26H,9,11H2,(H,20,27)(H2,22,23,24,25)/b21-10+. The Bertz CT molecular complexity index is 961. The number of aromatic nitrogens is 3. The second kappa shape index (κ2) is 9.77. The summed E-state index contributed by atoms with van der Waals surface area (Å²) in [4.78, 5) is 16.1. The van der Waals surface area contributed by atoms with Crippen molar-refractivity contribution in [2.75, 3.05) is 11.2 Å². The van der Waals surface area contributed by atoms with Crippen molar-refractivity contribution in [2.24, 2.45) is 5.10 Å². The number of carbonyl (C=O) groups is 1. The molecule has 0 radical (unpaired) electrons. The first-order valence-corrected chi connectivity index (χ1v) is 9.60. The zero-order valence-electron chi connectivity index (χ0n) is 14.6. The highest BCUT2D eigenvalue weighted by atomic mass is 35.5. The van der Waals surface area contributed by atoms with Gasteiger partial charge in [-0.15, -0.1) is 5.10 Å². The van der Waals surface area contributed by atoms with Gasteiger partial charge in [0.05, 0.1) is 12.0 Å². The van der Waals surface area contributed by atoms with Gasteiger partial charge in [0, 0.05) is 17.1 Å². The number of aromatic amines is 1. The number of rotatable bonds is 8. The van der Waals surface area contributed by atoms with Crippen LogP contribution in [0.3, 0.4) is 0 Å². The summed E-state index contributed by atoms with van der Waals surface area (Å²) >= 11 is 7.03. The maximum atomic E-state index is 11.9. The minimum absolute atomic E-state index is 0.128. The smallest absolute Gasteiger partial charge is 0.240 e. The fraction of sp³-hybridized carbons (Fsp3) is 0.111. The van der Waals surface area contributed by atoms with Crippen LogP contribution >= 0.6 is 23.4 Å². The molecule has 1 aromatic heterocycles. The lowest BCUT2D eigenvalue weighted by Crippen LogP contribution is -2.24. The van der Waals surface area contributed by atoms with Gasteiger partial charge in [0.25, 0.3) is 0 Å². The van der Waals surface area contributed by atoms with Gasteiger partial charge in [0.1, 0.15) is 5.75 Å². The third-order valence-electron chi connectivity index (χ3n) is 3.51. The first-order valence-electron chi connectivity index (χ1n) is 8.23. The van der Waals surface area contributed by atoms with Crippen LogP contribution in [-0.2, 0) is 11.3 Å². The second-order valence-corrected chi connectivity index (χ2v) is 6.97. The molecule has 0 spiro atoms. The summed E-state index contributed by atoms with van der Waals surface area (Å²) in [7, 11) is 0. The summed E-state index contributed by atoms with van der Waals surface area (Å²) in [5.41, 5.74) is 4.22. The number of para-hydroxylation sites is 1. The van der Waals surface area contributed by atoms with E-state index in [4.69, 9.17) is 11.6 Å². The minimum atomic E-state index is -0.128. The molecule has 144 valence electrons. The van der Waals surface area contributed by atoms with Crippen LogP contribution in [0.1, 0.15) is 11.1 Å². The maximum absolute atomic E-state index is 11.9. The van der Waals surface area contributed by atoms with Crippen molar-refractivity contribution in [3.8, 4) is 5.75 Å². The van der Waals surface area contributed by atoms with E-state index in [1.165, 1.54) is 18.0 Å². The van der Waals surface area contributed by atoms with E-state index in [1.807, 2.05) is 12.1 Å². The average molecular weight is 417 g/mol. The summed E-state index contributed by atoms with van der Waals surface area (Å²) in [5, 5.41) is 24.2. The Morgan fingerprint density at radius 2 is 2.04 bits per heavy atom. The van der Waals surface area contributed by atoms with Crippen LogP contribution in [0.15, 0.2) is 58.8 Å². The van der Waals surface area contributed by atoms with E-state index in [2.05, 4.69) is 31.0 Å². The Labute approximate surface area is 170 Å². The topological polar surface area (TPSA) is 115 Å². The highest BCUT2D eigenvalue weighted by Gasteiger charge is 2.07. The van der Waals surface area contributed by atoms with Gasteiger partial charge in [-0.2, -0.15) is 10.1 Å². The first-order chi connectivity index (χ1) is 13.6. The molecule has 0 atom stereocenters. The van der Waals surface area contributed by atoms with Gasteiger partial charge in [-0.25, -0.2) is 10.5 Å². The molecular formula is C18H17ClN6O2S. The number of amides is 1. The summed E-state index contributed by atoms with van der Waals surface area (Å²) in [6.07, 6.45) is 1.47. The third kappa shape index (κ3) is 6.00. The highest BCUT2D eigenvalue weighted by Crippen LogP contribution is 2.15. The number of anilines is 1. The lowest BCUT2D eigenvalue weighted by Gasteiger charge is -2.04. The van der Waals surface area contributed by atoms with E-state index in [9.17, 15) is 9.90 Å². The van der Waals surface area contributed by atoms with Crippen molar-refractivity contribution < 1.29 is 9.90 Å². The molecular weight excluding hydrogens is 400 g/mol. The van der Waals surface area contributed by atoms with Crippen LogP contribution in [0.2, 0.25) is 5.02 Å². The zero-order valence-corrected chi connectivity index (χ0v) is 16.2. The van der Waals surface area contributed by atoms with Gasteiger partial charge in [0.2, 0.25) is 17.0 Å². The Morgan fingerprint density at radius 3 is 2.82 bits per heavy atom. The van der Waals surface area contributed by atoms with Gasteiger partial charge in [-0.05, 0) is 29.8 Å². The molecule has 0 fully saturated rings. The number of halogens is 1. The molecule has 0 saturated carbocycles. The molecule has 0 bridgehead atoms. The van der Waals surface area contributed by atoms with Crippen molar-refractivity contribution in [2.45, 2.75) is 11.7 Å². The Balaban J connectivity index is 1.42. The van der Waals surface area contributed by atoms with Crippen LogP contribution < -0.4 is 10.7 Å². The van der Waals surface area contributed by atoms with Crippen LogP contribution in [0, 0.1) is 0 Å². The van der Waals surface area contributed by atoms with Crippen LogP contribution in [0.25, 0.3) is 0 Å². The van der Waals surface area contributed by atoms with Crippen LogP contribution in [-0.4, -0.2) is 38.2 Å². The molecule has 0 saturated heterocycles. The largest absolute Gasteiger partial charge is 0.507 e. The number of H-pyrrole nitrogens is 1. The highest BCUT2D eigenvalue weighted by molar-refractivity contribution is 7.99. The Kier molecular flexibility index (Phi) is 6.88. The molecule has 2 aromatic carbocycles. The quantitative estimate of drug-likeness (QED) is 0.255. The molecule has 10 heteroatoms. The fourth-order valence-electron chi connectivity index (χ4n) is 2.10. The monoisotopic (exact) mass is 416 g/mol. The number of nitrogens with zero attached hydrogens (tertiary/aromatic N) is 3. The molecule has 0 aliphatic heterocycles. The van der Waals surface area contributed by atoms with E-state index >= 15 is 0 Å². The molecule has 1 heterocycles. The summed E-state index contributed by atoms with van der Waals surface area (Å²) in [5.74, 6) is 0.519. The molecule has 4 N–H and O–H groups in total. The number of phenols is 1. The number of thioether (sulfide) groups is 1. The van der Waals surface area contributed by atoms with Crippen molar-refractivity contribution >= 4 is 41.4 Å². The van der Waals surface area contributed by atoms with Crippen LogP contribution in [0.4, 0.5) is 5.95 Å². The molecule has 8 nitrogen and oxygen atoms in total. The first kappa shape index (κ1) is 19.7.